The minimum atomic E-state index is -0.232. The zero-order chi connectivity index (χ0) is 16.1. The fraction of sp³-hybridized carbons (Fsp3) is 0.222. The second kappa shape index (κ2) is 6.77. The Hall–Kier alpha value is -2.80. The molecule has 4 heteroatoms. The number of nitrogens with one attached hydrogen (secondary N) is 1. The van der Waals surface area contributed by atoms with Gasteiger partial charge in [0.2, 0.25) is 0 Å². The van der Waals surface area contributed by atoms with E-state index < -0.39 is 0 Å². The summed E-state index contributed by atoms with van der Waals surface area (Å²) in [5.74, 6) is 0.518. The Labute approximate surface area is 130 Å². The van der Waals surface area contributed by atoms with Crippen LogP contribution in [0.5, 0.6) is 5.75 Å². The molecule has 0 atom stereocenters. The van der Waals surface area contributed by atoms with Crippen LogP contribution in [0, 0.1) is 32.1 Å². The molecular formula is C18H18N2O2. The summed E-state index contributed by atoms with van der Waals surface area (Å²) in [6, 6.07) is 12.8. The fourth-order valence-electron chi connectivity index (χ4n) is 2.36. The van der Waals surface area contributed by atoms with Gasteiger partial charge in [0, 0.05) is 5.69 Å². The average molecular weight is 294 g/mol. The van der Waals surface area contributed by atoms with Gasteiger partial charge in [-0.25, -0.2) is 0 Å². The number of aryl methyl sites for hydroxylation is 3. The molecule has 0 unspecified atom stereocenters. The number of rotatable bonds is 4. The highest BCUT2D eigenvalue weighted by Crippen LogP contribution is 2.24. The van der Waals surface area contributed by atoms with Crippen molar-refractivity contribution in [2.75, 3.05) is 11.9 Å². The molecule has 2 rings (SSSR count). The van der Waals surface area contributed by atoms with E-state index in [4.69, 9.17) is 10.00 Å². The fourth-order valence-corrected chi connectivity index (χ4v) is 2.36. The van der Waals surface area contributed by atoms with Crippen LogP contribution in [0.4, 0.5) is 5.69 Å². The standard InChI is InChI=1S/C18H18N2O2/c1-12-8-13(2)18(14(3)9-12)22-11-17(21)20-16-6-4-15(10-19)5-7-16/h4-9H,11H2,1-3H3,(H,20,21). The van der Waals surface area contributed by atoms with Gasteiger partial charge in [-0.2, -0.15) is 5.26 Å². The number of amides is 1. The van der Waals surface area contributed by atoms with E-state index in [1.165, 1.54) is 5.56 Å². The summed E-state index contributed by atoms with van der Waals surface area (Å²) in [4.78, 5) is 11.9. The Morgan fingerprint density at radius 3 is 2.27 bits per heavy atom. The van der Waals surface area contributed by atoms with E-state index in [1.54, 1.807) is 24.3 Å². The highest BCUT2D eigenvalue weighted by molar-refractivity contribution is 5.91. The van der Waals surface area contributed by atoms with E-state index in [2.05, 4.69) is 5.32 Å². The van der Waals surface area contributed by atoms with Crippen LogP contribution in [-0.2, 0) is 4.79 Å². The summed E-state index contributed by atoms with van der Waals surface area (Å²) in [7, 11) is 0. The van der Waals surface area contributed by atoms with E-state index in [1.807, 2.05) is 39.0 Å². The number of anilines is 1. The number of ether oxygens (including phenoxy) is 1. The molecule has 2 aromatic carbocycles. The molecule has 0 spiro atoms. The summed E-state index contributed by atoms with van der Waals surface area (Å²) in [5.41, 5.74) is 4.40. The molecule has 0 aliphatic heterocycles. The van der Waals surface area contributed by atoms with Gasteiger partial charge < -0.3 is 10.1 Å². The van der Waals surface area contributed by atoms with Gasteiger partial charge in [0.25, 0.3) is 5.91 Å². The lowest BCUT2D eigenvalue weighted by molar-refractivity contribution is -0.118. The normalized spacial score (nSPS) is 9.91. The minimum Gasteiger partial charge on any atom is -0.483 e. The summed E-state index contributed by atoms with van der Waals surface area (Å²) >= 11 is 0. The van der Waals surface area contributed by atoms with Crippen molar-refractivity contribution in [1.82, 2.24) is 0 Å². The molecule has 0 aromatic heterocycles. The van der Waals surface area contributed by atoms with Crippen molar-refractivity contribution in [3.63, 3.8) is 0 Å². The van der Waals surface area contributed by atoms with Crippen molar-refractivity contribution in [2.24, 2.45) is 0 Å². The molecule has 0 aliphatic carbocycles. The summed E-state index contributed by atoms with van der Waals surface area (Å²) in [6.07, 6.45) is 0. The van der Waals surface area contributed by atoms with E-state index in [9.17, 15) is 4.79 Å². The Morgan fingerprint density at radius 2 is 1.73 bits per heavy atom. The third-order valence-corrected chi connectivity index (χ3v) is 3.25. The van der Waals surface area contributed by atoms with Crippen molar-refractivity contribution in [1.29, 1.82) is 5.26 Å². The maximum atomic E-state index is 11.9. The smallest absolute Gasteiger partial charge is 0.262 e. The molecular weight excluding hydrogens is 276 g/mol. The van der Waals surface area contributed by atoms with Crippen LogP contribution in [-0.4, -0.2) is 12.5 Å². The molecule has 1 N–H and O–H groups in total. The molecule has 1 amide bonds. The lowest BCUT2D eigenvalue weighted by Crippen LogP contribution is -2.20. The Bertz CT molecular complexity index is 705. The third kappa shape index (κ3) is 3.86. The van der Waals surface area contributed by atoms with Gasteiger partial charge in [-0.3, -0.25) is 4.79 Å². The van der Waals surface area contributed by atoms with Gasteiger partial charge in [-0.05, 0) is 56.2 Å². The number of nitriles is 1. The van der Waals surface area contributed by atoms with E-state index in [0.29, 0.717) is 11.3 Å². The zero-order valence-corrected chi connectivity index (χ0v) is 12.9. The second-order valence-electron chi connectivity index (χ2n) is 5.25. The third-order valence-electron chi connectivity index (χ3n) is 3.25. The van der Waals surface area contributed by atoms with Gasteiger partial charge in [0.1, 0.15) is 5.75 Å². The maximum Gasteiger partial charge on any atom is 0.262 e. The van der Waals surface area contributed by atoms with Crippen LogP contribution in [0.2, 0.25) is 0 Å². The van der Waals surface area contributed by atoms with Crippen LogP contribution < -0.4 is 10.1 Å². The Morgan fingerprint density at radius 1 is 1.14 bits per heavy atom. The number of nitrogens with zero attached hydrogens (tertiary/aromatic N) is 1. The van der Waals surface area contributed by atoms with Crippen LogP contribution in [0.15, 0.2) is 36.4 Å². The largest absolute Gasteiger partial charge is 0.483 e. The number of hydrogen-bond donors (Lipinski definition) is 1. The van der Waals surface area contributed by atoms with Crippen molar-refractivity contribution >= 4 is 11.6 Å². The van der Waals surface area contributed by atoms with Gasteiger partial charge in [0.05, 0.1) is 11.6 Å². The van der Waals surface area contributed by atoms with Gasteiger partial charge >= 0.3 is 0 Å². The van der Waals surface area contributed by atoms with Crippen molar-refractivity contribution < 1.29 is 9.53 Å². The first-order valence-corrected chi connectivity index (χ1v) is 7.00. The van der Waals surface area contributed by atoms with Gasteiger partial charge in [-0.1, -0.05) is 17.7 Å². The minimum absolute atomic E-state index is 0.0509. The number of hydrogen-bond acceptors (Lipinski definition) is 3. The lowest BCUT2D eigenvalue weighted by Gasteiger charge is -2.13. The van der Waals surface area contributed by atoms with Crippen LogP contribution >= 0.6 is 0 Å². The first-order chi connectivity index (χ1) is 10.5. The molecule has 0 saturated heterocycles. The Kier molecular flexibility index (Phi) is 4.80. The highest BCUT2D eigenvalue weighted by Gasteiger charge is 2.08. The number of carbonyl (C=O) groups is 1. The molecule has 0 fully saturated rings. The van der Waals surface area contributed by atoms with E-state index >= 15 is 0 Å². The van der Waals surface area contributed by atoms with Gasteiger partial charge in [0.15, 0.2) is 6.61 Å². The van der Waals surface area contributed by atoms with Crippen LogP contribution in [0.3, 0.4) is 0 Å². The Balaban J connectivity index is 1.97. The predicted octanol–water partition coefficient (Wildman–Crippen LogP) is 3.50. The molecule has 0 saturated carbocycles. The highest BCUT2D eigenvalue weighted by atomic mass is 16.5. The second-order valence-corrected chi connectivity index (χ2v) is 5.25. The maximum absolute atomic E-state index is 11.9. The monoisotopic (exact) mass is 294 g/mol. The average Bonchev–Trinajstić information content (AvgIpc) is 2.47. The molecule has 2 aromatic rings. The molecule has 0 aliphatic rings. The molecule has 0 heterocycles. The zero-order valence-electron chi connectivity index (χ0n) is 12.9. The molecule has 0 radical (unpaired) electrons. The summed E-state index contributed by atoms with van der Waals surface area (Å²) in [5, 5.41) is 11.5. The van der Waals surface area contributed by atoms with E-state index in [0.717, 1.165) is 16.9 Å². The summed E-state index contributed by atoms with van der Waals surface area (Å²) < 4.78 is 5.64. The van der Waals surface area contributed by atoms with E-state index in [-0.39, 0.29) is 12.5 Å². The molecule has 22 heavy (non-hydrogen) atoms. The molecule has 0 bridgehead atoms. The molecule has 4 nitrogen and oxygen atoms in total. The first-order valence-electron chi connectivity index (χ1n) is 7.00. The lowest BCUT2D eigenvalue weighted by atomic mass is 10.1. The quantitative estimate of drug-likeness (QED) is 0.938. The van der Waals surface area contributed by atoms with Crippen LogP contribution in [0.25, 0.3) is 0 Å². The van der Waals surface area contributed by atoms with Crippen LogP contribution in [0.1, 0.15) is 22.3 Å². The SMILES string of the molecule is Cc1cc(C)c(OCC(=O)Nc2ccc(C#N)cc2)c(C)c1. The van der Waals surface area contributed by atoms with Crippen molar-refractivity contribution in [3.8, 4) is 11.8 Å². The predicted molar refractivity (Wildman–Crippen MR) is 85.9 cm³/mol. The van der Waals surface area contributed by atoms with Crippen molar-refractivity contribution in [3.05, 3.63) is 58.7 Å². The summed E-state index contributed by atoms with van der Waals surface area (Å²) in [6.45, 7) is 5.91. The number of carbonyl (C=O) groups excluding carboxylic acids is 1. The topological polar surface area (TPSA) is 62.1 Å². The number of benzene rings is 2. The van der Waals surface area contributed by atoms with Crippen molar-refractivity contribution in [2.45, 2.75) is 20.8 Å². The first kappa shape index (κ1) is 15.6. The van der Waals surface area contributed by atoms with Gasteiger partial charge in [-0.15, -0.1) is 0 Å². The molecule has 112 valence electrons.